The molecule has 0 radical (unpaired) electrons. The molecule has 1 aromatic heterocycles. The molecule has 0 atom stereocenters. The van der Waals surface area contributed by atoms with E-state index in [0.29, 0.717) is 0 Å². The Morgan fingerprint density at radius 3 is 2.60 bits per heavy atom. The summed E-state index contributed by atoms with van der Waals surface area (Å²) >= 11 is 1.53. The zero-order valence-corrected chi connectivity index (χ0v) is 6.72. The quantitative estimate of drug-likeness (QED) is 0.625. The molecule has 1 rings (SSSR count). The van der Waals surface area contributed by atoms with E-state index in [2.05, 4.69) is 4.98 Å². The summed E-state index contributed by atoms with van der Waals surface area (Å²) in [7, 11) is 3.18. The Balaban J connectivity index is 2.64. The molecule has 0 bridgehead atoms. The third kappa shape index (κ3) is 1.53. The summed E-state index contributed by atoms with van der Waals surface area (Å²) in [6.45, 7) is 0. The summed E-state index contributed by atoms with van der Waals surface area (Å²) in [6.07, 6.45) is -0.314. The van der Waals surface area contributed by atoms with Crippen LogP contribution in [0, 0.1) is 0 Å². The predicted octanol–water partition coefficient (Wildman–Crippen LogP) is 1.43. The maximum absolute atomic E-state index is 4.97. The molecule has 0 amide bonds. The van der Waals surface area contributed by atoms with Gasteiger partial charge in [0.15, 0.2) is 0 Å². The molecule has 0 aromatic carbocycles. The fraction of sp³-hybridized carbons (Fsp3) is 0.500. The maximum atomic E-state index is 4.97. The Bertz CT molecular complexity index is 172. The van der Waals surface area contributed by atoms with Crippen LogP contribution in [0.4, 0.5) is 0 Å². The highest BCUT2D eigenvalue weighted by Gasteiger charge is 2.09. The Morgan fingerprint density at radius 2 is 2.20 bits per heavy atom. The van der Waals surface area contributed by atoms with Gasteiger partial charge in [0.05, 0.1) is 5.51 Å². The lowest BCUT2D eigenvalue weighted by Gasteiger charge is -2.08. The van der Waals surface area contributed by atoms with Crippen LogP contribution in [0.5, 0.6) is 0 Å². The molecule has 0 unspecified atom stereocenters. The largest absolute Gasteiger partial charge is 0.350 e. The zero-order valence-electron chi connectivity index (χ0n) is 5.90. The van der Waals surface area contributed by atoms with Gasteiger partial charge in [0.2, 0.25) is 6.29 Å². The smallest absolute Gasteiger partial charge is 0.201 e. The van der Waals surface area contributed by atoms with Gasteiger partial charge in [-0.15, -0.1) is 11.3 Å². The predicted molar refractivity (Wildman–Crippen MR) is 38.9 cm³/mol. The van der Waals surface area contributed by atoms with E-state index < -0.39 is 0 Å². The summed E-state index contributed by atoms with van der Waals surface area (Å²) in [5.41, 5.74) is 2.58. The summed E-state index contributed by atoms with van der Waals surface area (Å²) in [5.74, 6) is 0. The minimum absolute atomic E-state index is 0.314. The second-order valence-electron chi connectivity index (χ2n) is 1.72. The second kappa shape index (κ2) is 3.65. The monoisotopic (exact) mass is 159 g/mol. The third-order valence-electron chi connectivity index (χ3n) is 1.12. The van der Waals surface area contributed by atoms with Crippen molar-refractivity contribution < 1.29 is 9.47 Å². The minimum Gasteiger partial charge on any atom is -0.350 e. The van der Waals surface area contributed by atoms with E-state index in [4.69, 9.17) is 9.47 Å². The molecule has 0 saturated carbocycles. The number of methoxy groups -OCH3 is 2. The van der Waals surface area contributed by atoms with Crippen molar-refractivity contribution in [2.75, 3.05) is 14.2 Å². The van der Waals surface area contributed by atoms with E-state index in [1.165, 1.54) is 11.3 Å². The number of thiazole rings is 1. The first-order valence-corrected chi connectivity index (χ1v) is 3.76. The summed E-state index contributed by atoms with van der Waals surface area (Å²) < 4.78 is 9.93. The lowest BCUT2D eigenvalue weighted by atomic mass is 10.5. The Hall–Kier alpha value is -0.450. The number of nitrogens with zero attached hydrogens (tertiary/aromatic N) is 1. The van der Waals surface area contributed by atoms with Crippen LogP contribution in [-0.2, 0) is 9.47 Å². The fourth-order valence-electron chi connectivity index (χ4n) is 0.676. The Morgan fingerprint density at radius 1 is 1.50 bits per heavy atom. The van der Waals surface area contributed by atoms with Gasteiger partial charge < -0.3 is 9.47 Å². The third-order valence-corrected chi connectivity index (χ3v) is 1.73. The average molecular weight is 159 g/mol. The van der Waals surface area contributed by atoms with E-state index in [0.717, 1.165) is 5.69 Å². The van der Waals surface area contributed by atoms with Crippen LogP contribution in [0.1, 0.15) is 12.0 Å². The van der Waals surface area contributed by atoms with E-state index in [9.17, 15) is 0 Å². The Kier molecular flexibility index (Phi) is 2.80. The summed E-state index contributed by atoms with van der Waals surface area (Å²) in [5, 5.41) is 1.90. The van der Waals surface area contributed by atoms with E-state index in [-0.39, 0.29) is 6.29 Å². The Labute approximate surface area is 63.6 Å². The highest BCUT2D eigenvalue weighted by Crippen LogP contribution is 2.15. The van der Waals surface area contributed by atoms with Crippen LogP contribution in [-0.4, -0.2) is 19.2 Å². The van der Waals surface area contributed by atoms with Crippen molar-refractivity contribution in [2.45, 2.75) is 6.29 Å². The second-order valence-corrected chi connectivity index (χ2v) is 2.44. The van der Waals surface area contributed by atoms with E-state index in [1.807, 2.05) is 5.38 Å². The van der Waals surface area contributed by atoms with Crippen molar-refractivity contribution in [1.29, 1.82) is 0 Å². The number of ether oxygens (including phenoxy) is 2. The van der Waals surface area contributed by atoms with Gasteiger partial charge in [0.25, 0.3) is 0 Å². The van der Waals surface area contributed by atoms with Crippen molar-refractivity contribution in [3.05, 3.63) is 16.6 Å². The van der Waals surface area contributed by atoms with Crippen molar-refractivity contribution in [3.63, 3.8) is 0 Å². The van der Waals surface area contributed by atoms with E-state index >= 15 is 0 Å². The molecule has 1 heterocycles. The molecular formula is C6H9NO2S. The first kappa shape index (κ1) is 7.65. The van der Waals surface area contributed by atoms with Crippen LogP contribution in [0.25, 0.3) is 0 Å². The SMILES string of the molecule is COC(OC)c1cscn1. The molecule has 0 N–H and O–H groups in total. The number of rotatable bonds is 3. The minimum atomic E-state index is -0.314. The summed E-state index contributed by atoms with van der Waals surface area (Å²) in [6, 6.07) is 0. The molecule has 0 aliphatic heterocycles. The molecule has 10 heavy (non-hydrogen) atoms. The van der Waals surface area contributed by atoms with Gasteiger partial charge in [-0.1, -0.05) is 0 Å². The molecule has 3 nitrogen and oxygen atoms in total. The molecule has 4 heteroatoms. The van der Waals surface area contributed by atoms with E-state index in [1.54, 1.807) is 19.7 Å². The molecule has 0 fully saturated rings. The fourth-order valence-corrected chi connectivity index (χ4v) is 1.23. The van der Waals surface area contributed by atoms with Crippen molar-refractivity contribution in [3.8, 4) is 0 Å². The number of hydrogen-bond acceptors (Lipinski definition) is 4. The van der Waals surface area contributed by atoms with Crippen LogP contribution in [0.3, 0.4) is 0 Å². The maximum Gasteiger partial charge on any atom is 0.201 e. The van der Waals surface area contributed by atoms with Gasteiger partial charge in [0, 0.05) is 19.6 Å². The van der Waals surface area contributed by atoms with Gasteiger partial charge in [-0.05, 0) is 0 Å². The summed E-state index contributed by atoms with van der Waals surface area (Å²) in [4.78, 5) is 4.03. The van der Waals surface area contributed by atoms with Gasteiger partial charge in [0.1, 0.15) is 5.69 Å². The first-order valence-electron chi connectivity index (χ1n) is 2.82. The van der Waals surface area contributed by atoms with Crippen LogP contribution in [0.15, 0.2) is 10.9 Å². The first-order chi connectivity index (χ1) is 4.88. The van der Waals surface area contributed by atoms with Gasteiger partial charge >= 0.3 is 0 Å². The molecule has 0 saturated heterocycles. The highest BCUT2D eigenvalue weighted by molar-refractivity contribution is 7.07. The van der Waals surface area contributed by atoms with Crippen molar-refractivity contribution in [1.82, 2.24) is 4.98 Å². The number of aromatic nitrogens is 1. The highest BCUT2D eigenvalue weighted by atomic mass is 32.1. The lowest BCUT2D eigenvalue weighted by molar-refractivity contribution is -0.108. The topological polar surface area (TPSA) is 31.4 Å². The van der Waals surface area contributed by atoms with Crippen molar-refractivity contribution >= 4 is 11.3 Å². The molecule has 56 valence electrons. The number of hydrogen-bond donors (Lipinski definition) is 0. The van der Waals surface area contributed by atoms with Gasteiger partial charge in [-0.25, -0.2) is 4.98 Å². The van der Waals surface area contributed by atoms with Gasteiger partial charge in [-0.3, -0.25) is 0 Å². The lowest BCUT2D eigenvalue weighted by Crippen LogP contribution is -2.03. The molecule has 0 aliphatic rings. The van der Waals surface area contributed by atoms with Gasteiger partial charge in [-0.2, -0.15) is 0 Å². The molecular weight excluding hydrogens is 150 g/mol. The van der Waals surface area contributed by atoms with Crippen LogP contribution >= 0.6 is 11.3 Å². The molecule has 0 aliphatic carbocycles. The normalized spacial score (nSPS) is 10.7. The van der Waals surface area contributed by atoms with Crippen LogP contribution < -0.4 is 0 Å². The average Bonchev–Trinajstić information content (AvgIpc) is 2.43. The zero-order chi connectivity index (χ0) is 7.40. The van der Waals surface area contributed by atoms with Crippen molar-refractivity contribution in [2.24, 2.45) is 0 Å². The molecule has 1 aromatic rings. The van der Waals surface area contributed by atoms with Crippen LogP contribution in [0.2, 0.25) is 0 Å². The molecule has 0 spiro atoms. The standard InChI is InChI=1S/C6H9NO2S/c1-8-6(9-2)5-3-10-4-7-5/h3-4,6H,1-2H3.